The summed E-state index contributed by atoms with van der Waals surface area (Å²) in [4.78, 5) is 41.1. The zero-order valence-electron chi connectivity index (χ0n) is 55.8. The Morgan fingerprint density at radius 1 is 0.465 bits per heavy atom. The number of aromatic amines is 3. The second-order valence-electron chi connectivity index (χ2n) is 25.8. The molecular formula is C82H74FN11O7. The Hall–Kier alpha value is -11.7. The summed E-state index contributed by atoms with van der Waals surface area (Å²) in [6.07, 6.45) is 5.54. The Bertz CT molecular complexity index is 5000. The van der Waals surface area contributed by atoms with Crippen LogP contribution in [-0.2, 0) is 19.0 Å². The number of rotatable bonds is 14. The molecule has 18 nitrogen and oxygen atoms in total. The smallest absolute Gasteiger partial charge is 0.267 e. The second-order valence-corrected chi connectivity index (χ2v) is 25.8. The maximum atomic E-state index is 13.8. The number of fused-ring (bicyclic) bond motifs is 3. The third-order valence-corrected chi connectivity index (χ3v) is 19.3. The first-order valence-electron chi connectivity index (χ1n) is 34.4. The number of amides is 2. The van der Waals surface area contributed by atoms with Gasteiger partial charge < -0.3 is 58.7 Å². The molecule has 0 unspecified atom stereocenters. The highest BCUT2D eigenvalue weighted by molar-refractivity contribution is 6.04. The molecule has 16 rings (SSSR count). The summed E-state index contributed by atoms with van der Waals surface area (Å²) in [7, 11) is 0. The van der Waals surface area contributed by atoms with Crippen LogP contribution in [0.2, 0.25) is 0 Å². The highest BCUT2D eigenvalue weighted by Gasteiger charge is 2.27. The Balaban J connectivity index is 0.000000131. The molecule has 3 aromatic heterocycles. The average molecular weight is 1340 g/mol. The highest BCUT2D eigenvalue weighted by Crippen LogP contribution is 2.39. The predicted molar refractivity (Wildman–Crippen MR) is 388 cm³/mol. The zero-order valence-corrected chi connectivity index (χ0v) is 55.8. The van der Waals surface area contributed by atoms with Crippen molar-refractivity contribution in [2.75, 3.05) is 88.7 Å². The van der Waals surface area contributed by atoms with E-state index in [2.05, 4.69) is 115 Å². The van der Waals surface area contributed by atoms with Crippen LogP contribution < -0.4 is 24.6 Å². The van der Waals surface area contributed by atoms with Gasteiger partial charge in [-0.15, -0.1) is 0 Å². The SMILES string of the molecule is N#CCC(=O)N1CCN(c2ccc(-c3cc4c(-c5ccc(OC6CCOCC6)c(C#N)c5)cccc4[nH]3)cc2)CC1.N#Cc1cc(-c2cccc3[nH]c(-c4ccc(N5CCOCC5)cc4)cc23)ccc1F.N#Cc1cc(-c2cccc3[nH]c(C(=O)NC4CC4)cc23)ccc1OC1CCOCC1. The number of nitrogens with one attached hydrogen (secondary N) is 4. The van der Waals surface area contributed by atoms with E-state index in [9.17, 15) is 24.5 Å². The molecule has 19 heteroatoms. The number of piperazine rings is 1. The van der Waals surface area contributed by atoms with Gasteiger partial charge in [-0.2, -0.15) is 21.0 Å². The van der Waals surface area contributed by atoms with E-state index in [1.165, 1.54) is 11.8 Å². The third kappa shape index (κ3) is 15.3. The number of hydrogen-bond acceptors (Lipinski definition) is 13. The fourth-order valence-electron chi connectivity index (χ4n) is 13.6. The lowest BCUT2D eigenvalue weighted by Crippen LogP contribution is -2.48. The van der Waals surface area contributed by atoms with Crippen LogP contribution in [0, 0.1) is 51.1 Å². The molecule has 4 saturated heterocycles. The van der Waals surface area contributed by atoms with Crippen LogP contribution in [-0.4, -0.2) is 129 Å². The molecule has 8 aromatic carbocycles. The molecule has 5 aliphatic rings. The van der Waals surface area contributed by atoms with E-state index < -0.39 is 5.82 Å². The number of anilines is 2. The number of ether oxygens (including phenoxy) is 5. The molecule has 5 fully saturated rings. The van der Waals surface area contributed by atoms with Crippen molar-refractivity contribution in [3.8, 4) is 91.7 Å². The monoisotopic (exact) mass is 1340 g/mol. The second kappa shape index (κ2) is 30.6. The molecule has 4 N–H and O–H groups in total. The normalized spacial score (nSPS) is 15.6. The topological polar surface area (TPSA) is 245 Å². The Labute approximate surface area is 584 Å². The number of H-pyrrole nitrogens is 3. The van der Waals surface area contributed by atoms with Crippen LogP contribution in [0.1, 0.15) is 72.1 Å². The van der Waals surface area contributed by atoms with Gasteiger partial charge in [0.25, 0.3) is 5.91 Å². The molecule has 0 atom stereocenters. The largest absolute Gasteiger partial charge is 0.489 e. The summed E-state index contributed by atoms with van der Waals surface area (Å²) in [5.41, 5.74) is 16.9. The van der Waals surface area contributed by atoms with E-state index in [-0.39, 0.29) is 36.0 Å². The summed E-state index contributed by atoms with van der Waals surface area (Å²) in [6.45, 7) is 8.87. The number of morpholine rings is 1. The van der Waals surface area contributed by atoms with E-state index in [1.807, 2.05) is 97.1 Å². The summed E-state index contributed by atoms with van der Waals surface area (Å²) in [5.74, 6) is 0.573. The van der Waals surface area contributed by atoms with Gasteiger partial charge in [0.15, 0.2) is 0 Å². The van der Waals surface area contributed by atoms with Gasteiger partial charge in [-0.3, -0.25) is 9.59 Å². The Kier molecular flexibility index (Phi) is 20.1. The molecule has 0 bridgehead atoms. The molecule has 1 saturated carbocycles. The molecule has 0 spiro atoms. The first kappa shape index (κ1) is 66.5. The van der Waals surface area contributed by atoms with Crippen molar-refractivity contribution in [3.05, 3.63) is 204 Å². The van der Waals surface area contributed by atoms with Crippen LogP contribution in [0.25, 0.3) is 88.6 Å². The minimum absolute atomic E-state index is 0.0546. The van der Waals surface area contributed by atoms with Gasteiger partial charge in [0.05, 0.1) is 62.4 Å². The van der Waals surface area contributed by atoms with Crippen molar-refractivity contribution in [2.45, 2.75) is 63.2 Å². The van der Waals surface area contributed by atoms with Crippen LogP contribution in [0.3, 0.4) is 0 Å². The summed E-state index contributed by atoms with van der Waals surface area (Å²) in [5, 5.41) is 43.6. The highest BCUT2D eigenvalue weighted by atomic mass is 19.1. The first-order valence-corrected chi connectivity index (χ1v) is 34.4. The zero-order chi connectivity index (χ0) is 69.2. The van der Waals surface area contributed by atoms with Gasteiger partial charge >= 0.3 is 0 Å². The van der Waals surface area contributed by atoms with Crippen LogP contribution >= 0.6 is 0 Å². The van der Waals surface area contributed by atoms with Crippen molar-refractivity contribution >= 4 is 55.9 Å². The summed E-state index contributed by atoms with van der Waals surface area (Å²) >= 11 is 0. The standard InChI is InChI=1S/C33H31N5O3.C25H20FN3O.C24H23N3O3/c34-13-10-33(39)38-16-14-37(15-17-38)26-7-4-23(5-8-26)31-21-29-28(2-1-3-30(29)36-31)24-6-9-32(25(20-24)22-35)41-27-11-18-40-19-12-27;26-23-9-6-18(14-19(23)16-27)21-2-1-3-24-22(21)15-25(28-24)17-4-7-20(8-5-17)29-10-12-30-13-11-29;25-14-16-12-15(4-7-23(16)30-18-8-10-29-11-9-18)19-2-1-3-21-20(19)13-22(27-21)24(28)26-17-5-6-17/h1-9,20-21,27,36H,10-12,14-19H2;1-9,14-15,28H,10-13H2;1-4,7,12-13,17-18,27H,5-6,8-11H2,(H,26,28). The predicted octanol–water partition coefficient (Wildman–Crippen LogP) is 15.0. The minimum atomic E-state index is -0.497. The average Bonchev–Trinajstić information content (AvgIpc) is 1.68. The van der Waals surface area contributed by atoms with Crippen LogP contribution in [0.15, 0.2) is 176 Å². The van der Waals surface area contributed by atoms with Gasteiger partial charge in [0, 0.05) is 126 Å². The molecule has 1 aliphatic carbocycles. The van der Waals surface area contributed by atoms with Gasteiger partial charge in [0.2, 0.25) is 5.91 Å². The first-order chi connectivity index (χ1) is 49.6. The fraction of sp³-hybridized carbons (Fsp3) is 0.268. The lowest BCUT2D eigenvalue weighted by molar-refractivity contribution is -0.130. The van der Waals surface area contributed by atoms with Crippen molar-refractivity contribution < 1.29 is 37.7 Å². The maximum absolute atomic E-state index is 13.8. The number of nitrogens with zero attached hydrogens (tertiary/aromatic N) is 7. The van der Waals surface area contributed by atoms with Gasteiger partial charge in [0.1, 0.15) is 59.8 Å². The number of hydrogen-bond donors (Lipinski definition) is 4. The molecule has 2 amide bonds. The van der Waals surface area contributed by atoms with E-state index in [4.69, 9.17) is 34.2 Å². The third-order valence-electron chi connectivity index (χ3n) is 19.3. The quantitative estimate of drug-likeness (QED) is 0.0792. The number of benzene rings is 8. The fourth-order valence-corrected chi connectivity index (χ4v) is 13.6. The van der Waals surface area contributed by atoms with Gasteiger partial charge in [-0.25, -0.2) is 4.39 Å². The van der Waals surface area contributed by atoms with Crippen LogP contribution in [0.4, 0.5) is 15.8 Å². The molecule has 506 valence electrons. The number of carbonyl (C=O) groups excluding carboxylic acids is 2. The van der Waals surface area contributed by atoms with E-state index in [0.29, 0.717) is 73.9 Å². The maximum Gasteiger partial charge on any atom is 0.267 e. The van der Waals surface area contributed by atoms with Crippen LogP contribution in [0.5, 0.6) is 11.5 Å². The van der Waals surface area contributed by atoms with E-state index in [1.54, 1.807) is 17.0 Å². The number of nitriles is 4. The van der Waals surface area contributed by atoms with Crippen molar-refractivity contribution in [2.24, 2.45) is 0 Å². The Morgan fingerprint density at radius 3 is 1.36 bits per heavy atom. The van der Waals surface area contributed by atoms with Gasteiger partial charge in [-0.1, -0.05) is 78.9 Å². The number of aromatic nitrogens is 3. The molecule has 4 aliphatic heterocycles. The molecule has 101 heavy (non-hydrogen) atoms. The Morgan fingerprint density at radius 2 is 0.891 bits per heavy atom. The molecular weight excluding hydrogens is 1270 g/mol. The number of halogens is 1. The van der Waals surface area contributed by atoms with Gasteiger partial charge in [-0.05, 0) is 154 Å². The lowest BCUT2D eigenvalue weighted by atomic mass is 9.99. The van der Waals surface area contributed by atoms with E-state index in [0.717, 1.165) is 172 Å². The number of carbonyl (C=O) groups is 2. The molecule has 0 radical (unpaired) electrons. The summed E-state index contributed by atoms with van der Waals surface area (Å²) < 4.78 is 42.2. The van der Waals surface area contributed by atoms with Crippen molar-refractivity contribution in [1.82, 2.24) is 25.2 Å². The summed E-state index contributed by atoms with van der Waals surface area (Å²) in [6, 6.07) is 66.3. The molecule has 7 heterocycles. The minimum Gasteiger partial charge on any atom is -0.489 e. The lowest BCUT2D eigenvalue weighted by Gasteiger charge is -2.35. The molecule has 11 aromatic rings. The van der Waals surface area contributed by atoms with Crippen molar-refractivity contribution in [3.63, 3.8) is 0 Å². The van der Waals surface area contributed by atoms with Crippen molar-refractivity contribution in [1.29, 1.82) is 21.0 Å². The van der Waals surface area contributed by atoms with E-state index >= 15 is 0 Å².